The molecule has 2 heterocycles. The lowest BCUT2D eigenvalue weighted by atomic mass is 10.1. The van der Waals surface area contributed by atoms with E-state index < -0.39 is 6.04 Å². The molecule has 2 N–H and O–H groups in total. The average Bonchev–Trinajstić information content (AvgIpc) is 3.23. The summed E-state index contributed by atoms with van der Waals surface area (Å²) in [4.78, 5) is 26.6. The van der Waals surface area contributed by atoms with Crippen molar-refractivity contribution in [3.8, 4) is 10.6 Å². The van der Waals surface area contributed by atoms with Crippen LogP contribution in [0.3, 0.4) is 0 Å². The number of nitrogens with zero attached hydrogens (tertiary/aromatic N) is 3. The summed E-state index contributed by atoms with van der Waals surface area (Å²) < 4.78 is 13.0. The zero-order valence-corrected chi connectivity index (χ0v) is 16.3. The zero-order chi connectivity index (χ0) is 19.6. The second-order valence-corrected chi connectivity index (χ2v) is 8.42. The van der Waals surface area contributed by atoms with Gasteiger partial charge in [0.15, 0.2) is 0 Å². The van der Waals surface area contributed by atoms with Gasteiger partial charge in [-0.05, 0) is 57.9 Å². The molecular formula is C18H22FN5O2S. The van der Waals surface area contributed by atoms with Crippen LogP contribution in [-0.4, -0.2) is 45.2 Å². The molecule has 3 amide bonds. The first-order valence-electron chi connectivity index (χ1n) is 8.72. The molecule has 0 spiro atoms. The summed E-state index contributed by atoms with van der Waals surface area (Å²) in [5, 5.41) is 14.6. The lowest BCUT2D eigenvalue weighted by Gasteiger charge is -2.28. The molecule has 1 unspecified atom stereocenters. The highest BCUT2D eigenvalue weighted by molar-refractivity contribution is 7.18. The van der Waals surface area contributed by atoms with Crippen molar-refractivity contribution in [1.82, 2.24) is 20.4 Å². The van der Waals surface area contributed by atoms with Crippen LogP contribution in [0.4, 0.5) is 14.3 Å². The van der Waals surface area contributed by atoms with Crippen molar-refractivity contribution in [2.75, 3.05) is 11.9 Å². The molecule has 1 saturated heterocycles. The highest BCUT2D eigenvalue weighted by Gasteiger charge is 2.35. The largest absolute Gasteiger partial charge is 0.333 e. The van der Waals surface area contributed by atoms with Gasteiger partial charge in [-0.3, -0.25) is 10.1 Å². The van der Waals surface area contributed by atoms with E-state index in [9.17, 15) is 14.0 Å². The Balaban J connectivity index is 1.66. The number of anilines is 1. The minimum Gasteiger partial charge on any atom is -0.333 e. The van der Waals surface area contributed by atoms with Crippen molar-refractivity contribution in [3.05, 3.63) is 30.1 Å². The highest BCUT2D eigenvalue weighted by atomic mass is 32.1. The zero-order valence-electron chi connectivity index (χ0n) is 15.5. The molecule has 144 valence electrons. The smallest absolute Gasteiger partial charge is 0.318 e. The normalized spacial score (nSPS) is 17.0. The van der Waals surface area contributed by atoms with E-state index in [4.69, 9.17) is 0 Å². The fourth-order valence-corrected chi connectivity index (χ4v) is 3.60. The Kier molecular flexibility index (Phi) is 5.41. The van der Waals surface area contributed by atoms with E-state index in [0.29, 0.717) is 23.1 Å². The average molecular weight is 391 g/mol. The van der Waals surface area contributed by atoms with E-state index in [-0.39, 0.29) is 23.3 Å². The maximum atomic E-state index is 13.0. The van der Waals surface area contributed by atoms with Gasteiger partial charge in [0, 0.05) is 17.6 Å². The number of likely N-dealkylation sites (tertiary alicyclic amines) is 1. The van der Waals surface area contributed by atoms with Crippen LogP contribution >= 0.6 is 11.3 Å². The van der Waals surface area contributed by atoms with Crippen molar-refractivity contribution in [3.63, 3.8) is 0 Å². The molecule has 3 rings (SSSR count). The molecule has 1 aliphatic heterocycles. The van der Waals surface area contributed by atoms with E-state index in [1.807, 2.05) is 20.8 Å². The van der Waals surface area contributed by atoms with Crippen LogP contribution in [0.25, 0.3) is 10.6 Å². The fourth-order valence-electron chi connectivity index (χ4n) is 2.85. The van der Waals surface area contributed by atoms with Gasteiger partial charge in [0.05, 0.1) is 0 Å². The molecule has 0 aliphatic carbocycles. The lowest BCUT2D eigenvalue weighted by Crippen LogP contribution is -2.52. The van der Waals surface area contributed by atoms with Crippen LogP contribution in [-0.2, 0) is 4.79 Å². The highest BCUT2D eigenvalue weighted by Crippen LogP contribution is 2.27. The summed E-state index contributed by atoms with van der Waals surface area (Å²) in [6, 6.07) is 5.13. The molecule has 9 heteroatoms. The van der Waals surface area contributed by atoms with Gasteiger partial charge < -0.3 is 10.2 Å². The minimum atomic E-state index is -0.537. The van der Waals surface area contributed by atoms with Crippen molar-refractivity contribution in [2.24, 2.45) is 0 Å². The number of urea groups is 1. The summed E-state index contributed by atoms with van der Waals surface area (Å²) in [5.74, 6) is -0.606. The van der Waals surface area contributed by atoms with Gasteiger partial charge in [-0.25, -0.2) is 9.18 Å². The second kappa shape index (κ2) is 7.59. The number of amides is 3. The Hall–Kier alpha value is -2.55. The number of hydrogen-bond acceptors (Lipinski definition) is 5. The molecule has 27 heavy (non-hydrogen) atoms. The van der Waals surface area contributed by atoms with E-state index in [0.717, 1.165) is 12.0 Å². The Morgan fingerprint density at radius 2 is 1.93 bits per heavy atom. The molecule has 1 aromatic heterocycles. The molecular weight excluding hydrogens is 369 g/mol. The van der Waals surface area contributed by atoms with E-state index >= 15 is 0 Å². The summed E-state index contributed by atoms with van der Waals surface area (Å²) >= 11 is 1.20. The maximum Gasteiger partial charge on any atom is 0.318 e. The number of rotatable bonds is 3. The number of hydrogen-bond donors (Lipinski definition) is 2. The van der Waals surface area contributed by atoms with Gasteiger partial charge in [-0.2, -0.15) is 0 Å². The van der Waals surface area contributed by atoms with E-state index in [2.05, 4.69) is 20.8 Å². The summed E-state index contributed by atoms with van der Waals surface area (Å²) in [7, 11) is 0. The summed E-state index contributed by atoms with van der Waals surface area (Å²) in [5.41, 5.74) is 0.353. The molecule has 2 aromatic rings. The van der Waals surface area contributed by atoms with Crippen molar-refractivity contribution in [2.45, 2.75) is 45.2 Å². The predicted octanol–water partition coefficient (Wildman–Crippen LogP) is 3.26. The van der Waals surface area contributed by atoms with Gasteiger partial charge in [0.25, 0.3) is 0 Å². The number of aromatic nitrogens is 2. The molecule has 0 saturated carbocycles. The number of carbonyl (C=O) groups excluding carboxylic acids is 2. The Bertz CT molecular complexity index is 831. The van der Waals surface area contributed by atoms with Crippen LogP contribution in [0.2, 0.25) is 0 Å². The number of carbonyl (C=O) groups is 2. The molecule has 1 aromatic carbocycles. The van der Waals surface area contributed by atoms with Crippen molar-refractivity contribution in [1.29, 1.82) is 0 Å². The lowest BCUT2D eigenvalue weighted by molar-refractivity contribution is -0.119. The van der Waals surface area contributed by atoms with Crippen LogP contribution in [0.5, 0.6) is 0 Å². The Morgan fingerprint density at radius 1 is 1.22 bits per heavy atom. The molecule has 1 atom stereocenters. The van der Waals surface area contributed by atoms with Crippen LogP contribution in [0, 0.1) is 5.82 Å². The quantitative estimate of drug-likeness (QED) is 0.841. The van der Waals surface area contributed by atoms with E-state index in [1.54, 1.807) is 17.0 Å². The van der Waals surface area contributed by atoms with E-state index in [1.165, 1.54) is 23.5 Å². The van der Waals surface area contributed by atoms with Gasteiger partial charge in [-0.1, -0.05) is 11.3 Å². The molecule has 0 radical (unpaired) electrons. The molecule has 1 aliphatic rings. The van der Waals surface area contributed by atoms with Crippen molar-refractivity contribution < 1.29 is 14.0 Å². The summed E-state index contributed by atoms with van der Waals surface area (Å²) in [6.45, 7) is 6.23. The molecule has 1 fully saturated rings. The number of halogens is 1. The standard InChI is InChI=1S/C18H22FN5O2S/c1-18(2,3)21-17(26)24-10-4-5-13(24)14(25)20-16-23-22-15(27-16)11-6-8-12(19)9-7-11/h6-9,13H,4-5,10H2,1-3H3,(H,21,26)(H,20,23,25). The topological polar surface area (TPSA) is 87.2 Å². The monoisotopic (exact) mass is 391 g/mol. The summed E-state index contributed by atoms with van der Waals surface area (Å²) in [6.07, 6.45) is 1.37. The first kappa shape index (κ1) is 19.2. The molecule has 0 bridgehead atoms. The van der Waals surface area contributed by atoms with Crippen molar-refractivity contribution >= 4 is 28.4 Å². The minimum absolute atomic E-state index is 0.246. The van der Waals surface area contributed by atoms with Crippen LogP contribution < -0.4 is 10.6 Å². The van der Waals surface area contributed by atoms with Gasteiger partial charge in [0.2, 0.25) is 11.0 Å². The number of benzene rings is 1. The fraction of sp³-hybridized carbons (Fsp3) is 0.444. The second-order valence-electron chi connectivity index (χ2n) is 7.44. The Labute approximate surface area is 161 Å². The third-order valence-electron chi connectivity index (χ3n) is 4.04. The first-order valence-corrected chi connectivity index (χ1v) is 9.54. The Morgan fingerprint density at radius 3 is 2.59 bits per heavy atom. The van der Waals surface area contributed by atoms with Crippen LogP contribution in [0.15, 0.2) is 24.3 Å². The third kappa shape index (κ3) is 4.79. The third-order valence-corrected chi connectivity index (χ3v) is 4.93. The SMILES string of the molecule is CC(C)(C)NC(=O)N1CCCC1C(=O)Nc1nnc(-c2ccc(F)cc2)s1. The predicted molar refractivity (Wildman–Crippen MR) is 102 cm³/mol. The van der Waals surface area contributed by atoms with Gasteiger partial charge >= 0.3 is 6.03 Å². The number of nitrogens with one attached hydrogen (secondary N) is 2. The molecule has 7 nitrogen and oxygen atoms in total. The first-order chi connectivity index (χ1) is 12.7. The maximum absolute atomic E-state index is 13.0. The van der Waals surface area contributed by atoms with Gasteiger partial charge in [0.1, 0.15) is 16.9 Å². The van der Waals surface area contributed by atoms with Crippen LogP contribution in [0.1, 0.15) is 33.6 Å². The van der Waals surface area contributed by atoms with Gasteiger partial charge in [-0.15, -0.1) is 10.2 Å².